The number of aldehydes is 2. The van der Waals surface area contributed by atoms with E-state index in [1.807, 2.05) is 19.2 Å². The van der Waals surface area contributed by atoms with E-state index in [-0.39, 0.29) is 11.3 Å². The Morgan fingerprint density at radius 1 is 1.00 bits per heavy atom. The molecule has 4 nitrogen and oxygen atoms in total. The van der Waals surface area contributed by atoms with Crippen LogP contribution in [0.4, 0.5) is 11.4 Å². The third kappa shape index (κ3) is 3.63. The van der Waals surface area contributed by atoms with Gasteiger partial charge in [-0.3, -0.25) is 14.7 Å². The van der Waals surface area contributed by atoms with E-state index in [4.69, 9.17) is 16.6 Å². The van der Waals surface area contributed by atoms with E-state index in [9.17, 15) is 9.59 Å². The summed E-state index contributed by atoms with van der Waals surface area (Å²) in [5, 5.41) is 0.465. The summed E-state index contributed by atoms with van der Waals surface area (Å²) in [4.78, 5) is 30.4. The SMILES string of the molecule is CN=C1N(c2cccc(Cl)c2C=O)c2cc(C3CCC(C=O)CC3)ccc2C12CCCCC2. The fourth-order valence-electron chi connectivity index (χ4n) is 6.47. The minimum atomic E-state index is -0.113. The van der Waals surface area contributed by atoms with Crippen molar-refractivity contribution in [2.45, 2.75) is 69.1 Å². The number of halogens is 1. The van der Waals surface area contributed by atoms with Gasteiger partial charge < -0.3 is 4.79 Å². The molecule has 33 heavy (non-hydrogen) atoms. The number of amidine groups is 1. The Bertz CT molecular complexity index is 1100. The van der Waals surface area contributed by atoms with Gasteiger partial charge in [0, 0.05) is 13.0 Å². The van der Waals surface area contributed by atoms with Crippen molar-refractivity contribution in [3.63, 3.8) is 0 Å². The lowest BCUT2D eigenvalue weighted by molar-refractivity contribution is -0.111. The Balaban J connectivity index is 1.66. The van der Waals surface area contributed by atoms with E-state index >= 15 is 0 Å². The lowest BCUT2D eigenvalue weighted by Gasteiger charge is -2.35. The molecule has 0 aromatic heterocycles. The van der Waals surface area contributed by atoms with Crippen LogP contribution in [0.2, 0.25) is 5.02 Å². The van der Waals surface area contributed by atoms with Gasteiger partial charge in [0.25, 0.3) is 0 Å². The third-order valence-electron chi connectivity index (χ3n) is 8.16. The van der Waals surface area contributed by atoms with Crippen LogP contribution in [0.5, 0.6) is 0 Å². The normalized spacial score (nSPS) is 25.3. The topological polar surface area (TPSA) is 49.7 Å². The molecule has 1 spiro atoms. The van der Waals surface area contributed by atoms with Gasteiger partial charge in [0.05, 0.1) is 27.4 Å². The second-order valence-corrected chi connectivity index (χ2v) is 10.2. The Hall–Kier alpha value is -2.46. The summed E-state index contributed by atoms with van der Waals surface area (Å²) in [7, 11) is 1.87. The maximum atomic E-state index is 12.1. The fourth-order valence-corrected chi connectivity index (χ4v) is 6.69. The smallest absolute Gasteiger partial charge is 0.153 e. The number of rotatable bonds is 4. The molecule has 2 fully saturated rings. The van der Waals surface area contributed by atoms with Gasteiger partial charge in [-0.05, 0) is 73.8 Å². The summed E-state index contributed by atoms with van der Waals surface area (Å²) in [6.07, 6.45) is 11.8. The van der Waals surface area contributed by atoms with Crippen LogP contribution in [-0.4, -0.2) is 25.5 Å². The van der Waals surface area contributed by atoms with E-state index in [1.165, 1.54) is 30.4 Å². The van der Waals surface area contributed by atoms with Gasteiger partial charge in [-0.2, -0.15) is 0 Å². The minimum Gasteiger partial charge on any atom is -0.303 e. The molecule has 0 atom stereocenters. The van der Waals surface area contributed by atoms with Crippen molar-refractivity contribution in [2.75, 3.05) is 11.9 Å². The van der Waals surface area contributed by atoms with Crippen LogP contribution in [0.3, 0.4) is 0 Å². The van der Waals surface area contributed by atoms with Crippen LogP contribution in [0, 0.1) is 5.92 Å². The van der Waals surface area contributed by atoms with Crippen molar-refractivity contribution >= 4 is 41.4 Å². The molecule has 5 heteroatoms. The second-order valence-electron chi connectivity index (χ2n) is 9.84. The molecule has 0 saturated heterocycles. The van der Waals surface area contributed by atoms with Crippen molar-refractivity contribution in [3.05, 3.63) is 58.1 Å². The molecule has 5 rings (SSSR count). The van der Waals surface area contributed by atoms with Crippen molar-refractivity contribution in [1.82, 2.24) is 0 Å². The quantitative estimate of drug-likeness (QED) is 0.459. The highest BCUT2D eigenvalue weighted by Crippen LogP contribution is 2.54. The van der Waals surface area contributed by atoms with Gasteiger partial charge in [-0.1, -0.05) is 49.1 Å². The van der Waals surface area contributed by atoms with Crippen molar-refractivity contribution in [3.8, 4) is 0 Å². The molecular formula is C28H31ClN2O2. The Morgan fingerprint density at radius 3 is 2.42 bits per heavy atom. The van der Waals surface area contributed by atoms with Crippen molar-refractivity contribution < 1.29 is 9.59 Å². The number of benzene rings is 2. The van der Waals surface area contributed by atoms with Gasteiger partial charge in [0.1, 0.15) is 12.1 Å². The van der Waals surface area contributed by atoms with Gasteiger partial charge in [-0.15, -0.1) is 0 Å². The molecule has 1 aliphatic heterocycles. The predicted octanol–water partition coefficient (Wildman–Crippen LogP) is 7.01. The van der Waals surface area contributed by atoms with Crippen molar-refractivity contribution in [2.24, 2.45) is 10.9 Å². The van der Waals surface area contributed by atoms with E-state index in [0.717, 1.165) is 68.3 Å². The maximum absolute atomic E-state index is 12.1. The maximum Gasteiger partial charge on any atom is 0.153 e. The van der Waals surface area contributed by atoms with Crippen LogP contribution in [0.1, 0.15) is 85.2 Å². The number of fused-ring (bicyclic) bond motifs is 2. The van der Waals surface area contributed by atoms with E-state index in [1.54, 1.807) is 6.07 Å². The second kappa shape index (κ2) is 9.06. The van der Waals surface area contributed by atoms with Crippen LogP contribution < -0.4 is 4.90 Å². The molecule has 0 bridgehead atoms. The highest BCUT2D eigenvalue weighted by atomic mass is 35.5. The summed E-state index contributed by atoms with van der Waals surface area (Å²) in [6.45, 7) is 0. The average molecular weight is 463 g/mol. The van der Waals surface area contributed by atoms with Gasteiger partial charge >= 0.3 is 0 Å². The molecule has 2 aliphatic carbocycles. The van der Waals surface area contributed by atoms with Crippen LogP contribution >= 0.6 is 11.6 Å². The number of aliphatic imine (C=N–C) groups is 1. The lowest BCUT2D eigenvalue weighted by atomic mass is 9.69. The molecule has 172 valence electrons. The summed E-state index contributed by atoms with van der Waals surface area (Å²) in [6, 6.07) is 12.6. The number of carbonyl (C=O) groups is 2. The minimum absolute atomic E-state index is 0.113. The first kappa shape index (κ1) is 22.3. The number of hydrogen-bond donors (Lipinski definition) is 0. The standard InChI is InChI=1S/C28H31ClN2O2/c1-30-27-28(14-3-2-4-15-28)23-13-12-21(20-10-8-19(17-32)9-11-20)16-26(23)31(27)25-7-5-6-24(29)22(25)18-33/h5-7,12-13,16-20H,2-4,8-11,14-15H2,1H3. The van der Waals surface area contributed by atoms with Gasteiger partial charge in [0.2, 0.25) is 0 Å². The zero-order chi connectivity index (χ0) is 23.0. The molecule has 2 aromatic rings. The fraction of sp³-hybridized carbons (Fsp3) is 0.464. The molecule has 0 N–H and O–H groups in total. The summed E-state index contributed by atoms with van der Waals surface area (Å²) >= 11 is 6.46. The first-order valence-corrected chi connectivity index (χ1v) is 12.6. The Morgan fingerprint density at radius 2 is 1.76 bits per heavy atom. The lowest BCUT2D eigenvalue weighted by Crippen LogP contribution is -2.40. The molecule has 1 heterocycles. The third-order valence-corrected chi connectivity index (χ3v) is 8.49. The number of hydrogen-bond acceptors (Lipinski definition) is 3. The monoisotopic (exact) mass is 462 g/mol. The highest BCUT2D eigenvalue weighted by molar-refractivity contribution is 6.34. The Labute approximate surface area is 201 Å². The summed E-state index contributed by atoms with van der Waals surface area (Å²) < 4.78 is 0. The van der Waals surface area contributed by atoms with E-state index in [0.29, 0.717) is 16.5 Å². The largest absolute Gasteiger partial charge is 0.303 e. The molecule has 2 saturated carbocycles. The Kier molecular flexibility index (Phi) is 6.13. The van der Waals surface area contributed by atoms with Crippen LogP contribution in [0.15, 0.2) is 41.4 Å². The summed E-state index contributed by atoms with van der Waals surface area (Å²) in [5.74, 6) is 1.70. The number of carbonyl (C=O) groups excluding carboxylic acids is 2. The first-order chi connectivity index (χ1) is 16.1. The molecular weight excluding hydrogens is 432 g/mol. The molecule has 0 radical (unpaired) electrons. The van der Waals surface area contributed by atoms with Crippen LogP contribution in [-0.2, 0) is 10.2 Å². The van der Waals surface area contributed by atoms with Crippen LogP contribution in [0.25, 0.3) is 0 Å². The predicted molar refractivity (Wildman–Crippen MR) is 134 cm³/mol. The van der Waals surface area contributed by atoms with E-state index < -0.39 is 0 Å². The molecule has 3 aliphatic rings. The van der Waals surface area contributed by atoms with Crippen molar-refractivity contribution in [1.29, 1.82) is 0 Å². The zero-order valence-corrected chi connectivity index (χ0v) is 20.0. The zero-order valence-electron chi connectivity index (χ0n) is 19.2. The van der Waals surface area contributed by atoms with Gasteiger partial charge in [-0.25, -0.2) is 0 Å². The molecule has 0 unspecified atom stereocenters. The van der Waals surface area contributed by atoms with Gasteiger partial charge in [0.15, 0.2) is 6.29 Å². The number of anilines is 2. The van der Waals surface area contributed by atoms with E-state index in [2.05, 4.69) is 23.1 Å². The summed E-state index contributed by atoms with van der Waals surface area (Å²) in [5.41, 5.74) is 4.99. The number of nitrogens with zero attached hydrogens (tertiary/aromatic N) is 2. The highest BCUT2D eigenvalue weighted by Gasteiger charge is 2.50. The first-order valence-electron chi connectivity index (χ1n) is 12.2. The average Bonchev–Trinajstić information content (AvgIpc) is 3.12. The molecule has 2 aromatic carbocycles. The molecule has 0 amide bonds.